The van der Waals surface area contributed by atoms with Gasteiger partial charge in [-0.1, -0.05) is 0 Å². The summed E-state index contributed by atoms with van der Waals surface area (Å²) in [6.07, 6.45) is 2.54. The van der Waals surface area contributed by atoms with Gasteiger partial charge in [0, 0.05) is 12.8 Å². The molecule has 0 rings (SSSR count). The van der Waals surface area contributed by atoms with Crippen LogP contribution in [0.25, 0.3) is 0 Å². The van der Waals surface area contributed by atoms with Crippen molar-refractivity contribution >= 4 is 6.21 Å². The van der Waals surface area contributed by atoms with Gasteiger partial charge in [-0.05, 0) is 33.6 Å². The van der Waals surface area contributed by atoms with E-state index in [1.807, 2.05) is 0 Å². The summed E-state index contributed by atoms with van der Waals surface area (Å²) in [5.41, 5.74) is 0. The molecule has 0 saturated carbocycles. The van der Waals surface area contributed by atoms with Crippen LogP contribution in [-0.2, 0) is 0 Å². The zero-order valence-electron chi connectivity index (χ0n) is 6.85. The molecule has 0 atom stereocenters. The van der Waals surface area contributed by atoms with Crippen LogP contribution in [-0.4, -0.2) is 44.8 Å². The van der Waals surface area contributed by atoms with Gasteiger partial charge in [-0.3, -0.25) is 0 Å². The zero-order valence-corrected chi connectivity index (χ0v) is 6.85. The molecule has 2 N–H and O–H groups in total. The summed E-state index contributed by atoms with van der Waals surface area (Å²) in [7, 11) is 4.13. The van der Waals surface area contributed by atoms with Gasteiger partial charge in [-0.25, -0.2) is 0 Å². The second-order valence-corrected chi connectivity index (χ2v) is 2.57. The second-order valence-electron chi connectivity index (χ2n) is 2.57. The van der Waals surface area contributed by atoms with Gasteiger partial charge in [0.15, 0.2) is 0 Å². The molecular weight excluding hydrogens is 126 g/mol. The molecule has 60 valence electrons. The first-order valence-electron chi connectivity index (χ1n) is 3.61. The van der Waals surface area contributed by atoms with Crippen molar-refractivity contribution in [3.8, 4) is 0 Å². The Morgan fingerprint density at radius 3 is 2.70 bits per heavy atom. The van der Waals surface area contributed by atoms with E-state index in [1.165, 1.54) is 6.21 Å². The van der Waals surface area contributed by atoms with Gasteiger partial charge < -0.3 is 15.6 Å². The van der Waals surface area contributed by atoms with Gasteiger partial charge in [-0.2, -0.15) is 0 Å². The lowest BCUT2D eigenvalue weighted by Crippen LogP contribution is -2.22. The number of nitrogens with one attached hydrogen (secondary N) is 2. The number of rotatable bonds is 6. The molecule has 0 aromatic heterocycles. The fraction of sp³-hybridized carbons (Fsp3) is 0.857. The molecule has 0 fully saturated rings. The normalized spacial score (nSPS) is 10.3. The molecule has 0 saturated heterocycles. The van der Waals surface area contributed by atoms with E-state index in [2.05, 4.69) is 24.3 Å². The van der Waals surface area contributed by atoms with Gasteiger partial charge in [0.25, 0.3) is 0 Å². The van der Waals surface area contributed by atoms with E-state index in [0.717, 1.165) is 19.5 Å². The Morgan fingerprint density at radius 1 is 1.50 bits per heavy atom. The lowest BCUT2D eigenvalue weighted by Gasteiger charge is -2.08. The number of nitrogens with zero attached hydrogens (tertiary/aromatic N) is 1. The van der Waals surface area contributed by atoms with Crippen LogP contribution in [0.1, 0.15) is 6.42 Å². The molecule has 0 spiro atoms. The molecule has 0 aromatic carbocycles. The summed E-state index contributed by atoms with van der Waals surface area (Å²) in [6, 6.07) is 0. The van der Waals surface area contributed by atoms with Crippen molar-refractivity contribution < 1.29 is 0 Å². The third kappa shape index (κ3) is 7.59. The molecule has 0 aliphatic heterocycles. The highest BCUT2D eigenvalue weighted by molar-refractivity contribution is 5.55. The Bertz CT molecular complexity index is 80.9. The summed E-state index contributed by atoms with van der Waals surface area (Å²) in [6.45, 7) is 2.83. The van der Waals surface area contributed by atoms with Crippen molar-refractivity contribution in [3.63, 3.8) is 0 Å². The summed E-state index contributed by atoms with van der Waals surface area (Å²) in [5.74, 6) is 0. The molecule has 0 aromatic rings. The number of hydrogen-bond acceptors (Lipinski definition) is 3. The highest BCUT2D eigenvalue weighted by Gasteiger charge is 1.88. The molecule has 10 heavy (non-hydrogen) atoms. The molecule has 3 heteroatoms. The van der Waals surface area contributed by atoms with Gasteiger partial charge in [0.2, 0.25) is 0 Å². The van der Waals surface area contributed by atoms with Crippen LogP contribution in [0.2, 0.25) is 0 Å². The van der Waals surface area contributed by atoms with Crippen molar-refractivity contribution in [2.75, 3.05) is 33.7 Å². The van der Waals surface area contributed by atoms with Gasteiger partial charge >= 0.3 is 0 Å². The molecule has 0 bridgehead atoms. The molecule has 0 amide bonds. The average molecular weight is 143 g/mol. The van der Waals surface area contributed by atoms with E-state index in [4.69, 9.17) is 5.41 Å². The molecule has 0 aliphatic carbocycles. The quantitative estimate of drug-likeness (QED) is 0.411. The average Bonchev–Trinajstić information content (AvgIpc) is 1.87. The predicted molar refractivity (Wildman–Crippen MR) is 44.8 cm³/mol. The van der Waals surface area contributed by atoms with Crippen LogP contribution in [0.4, 0.5) is 0 Å². The fourth-order valence-corrected chi connectivity index (χ4v) is 0.695. The lowest BCUT2D eigenvalue weighted by molar-refractivity contribution is 0.397. The summed E-state index contributed by atoms with van der Waals surface area (Å²) in [4.78, 5) is 2.16. The minimum atomic E-state index is 0.702. The Labute approximate surface area is 62.9 Å². The van der Waals surface area contributed by atoms with Crippen molar-refractivity contribution in [1.82, 2.24) is 10.2 Å². The first kappa shape index (κ1) is 9.59. The highest BCUT2D eigenvalue weighted by Crippen LogP contribution is 1.79. The highest BCUT2D eigenvalue weighted by atomic mass is 15.0. The first-order chi connectivity index (χ1) is 4.77. The maximum absolute atomic E-state index is 6.72. The maximum Gasteiger partial charge on any atom is 0.0302 e. The van der Waals surface area contributed by atoms with Crippen LogP contribution in [0.3, 0.4) is 0 Å². The third-order valence-electron chi connectivity index (χ3n) is 1.21. The van der Waals surface area contributed by atoms with Crippen LogP contribution >= 0.6 is 0 Å². The smallest absolute Gasteiger partial charge is 0.0302 e. The summed E-state index contributed by atoms with van der Waals surface area (Å²) >= 11 is 0. The van der Waals surface area contributed by atoms with E-state index in [1.54, 1.807) is 0 Å². The largest absolute Gasteiger partial charge is 0.312 e. The molecule has 0 unspecified atom stereocenters. The summed E-state index contributed by atoms with van der Waals surface area (Å²) in [5, 5.41) is 9.85. The van der Waals surface area contributed by atoms with E-state index in [0.29, 0.717) is 6.54 Å². The van der Waals surface area contributed by atoms with Crippen molar-refractivity contribution in [3.05, 3.63) is 0 Å². The Morgan fingerprint density at radius 2 is 2.20 bits per heavy atom. The standard InChI is InChI=1S/C7H17N3/c1-10(2)7-3-5-9-6-4-8/h4,8-9H,3,5-7H2,1-2H3. The van der Waals surface area contributed by atoms with Crippen molar-refractivity contribution in [2.45, 2.75) is 6.42 Å². The monoisotopic (exact) mass is 143 g/mol. The van der Waals surface area contributed by atoms with E-state index in [-0.39, 0.29) is 0 Å². The SMILES string of the molecule is CN(C)CCCNCC=N. The lowest BCUT2D eigenvalue weighted by atomic mass is 10.4. The van der Waals surface area contributed by atoms with Gasteiger partial charge in [-0.15, -0.1) is 0 Å². The minimum absolute atomic E-state index is 0.702. The maximum atomic E-state index is 6.72. The van der Waals surface area contributed by atoms with Crippen molar-refractivity contribution in [1.29, 1.82) is 5.41 Å². The van der Waals surface area contributed by atoms with E-state index < -0.39 is 0 Å². The molecule has 0 radical (unpaired) electrons. The molecular formula is C7H17N3. The first-order valence-corrected chi connectivity index (χ1v) is 3.61. The fourth-order valence-electron chi connectivity index (χ4n) is 0.695. The van der Waals surface area contributed by atoms with Gasteiger partial charge in [0.1, 0.15) is 0 Å². The predicted octanol–water partition coefficient (Wildman–Crippen LogP) is 0.177. The van der Waals surface area contributed by atoms with Crippen LogP contribution in [0, 0.1) is 5.41 Å². The number of hydrogen-bond donors (Lipinski definition) is 2. The van der Waals surface area contributed by atoms with Crippen LogP contribution in [0.5, 0.6) is 0 Å². The van der Waals surface area contributed by atoms with E-state index in [9.17, 15) is 0 Å². The topological polar surface area (TPSA) is 39.1 Å². The Balaban J connectivity index is 2.83. The molecule has 3 nitrogen and oxygen atoms in total. The minimum Gasteiger partial charge on any atom is -0.312 e. The molecule has 0 heterocycles. The van der Waals surface area contributed by atoms with Crippen LogP contribution < -0.4 is 5.32 Å². The Kier molecular flexibility index (Phi) is 6.43. The third-order valence-corrected chi connectivity index (χ3v) is 1.21. The second kappa shape index (κ2) is 6.71. The summed E-state index contributed by atoms with van der Waals surface area (Å²) < 4.78 is 0. The Hall–Kier alpha value is -0.410. The zero-order chi connectivity index (χ0) is 7.82. The van der Waals surface area contributed by atoms with Crippen molar-refractivity contribution in [2.24, 2.45) is 0 Å². The molecule has 0 aliphatic rings. The van der Waals surface area contributed by atoms with E-state index >= 15 is 0 Å². The van der Waals surface area contributed by atoms with Gasteiger partial charge in [0.05, 0.1) is 0 Å². The van der Waals surface area contributed by atoms with Crippen LogP contribution in [0.15, 0.2) is 0 Å².